The van der Waals surface area contributed by atoms with Gasteiger partial charge in [0, 0.05) is 5.41 Å². The summed E-state index contributed by atoms with van der Waals surface area (Å²) >= 11 is 0. The number of hydrogen-bond acceptors (Lipinski definition) is 1. The molecule has 4 aliphatic carbocycles. The molecule has 4 fully saturated rings. The molecule has 4 bridgehead atoms. The number of hydrogen-bond donors (Lipinski definition) is 1. The van der Waals surface area contributed by atoms with Crippen LogP contribution in [0.1, 0.15) is 44.1 Å². The van der Waals surface area contributed by atoms with Crippen molar-refractivity contribution in [3.63, 3.8) is 0 Å². The van der Waals surface area contributed by atoms with Gasteiger partial charge in [0.05, 0.1) is 5.56 Å². The fourth-order valence-electron chi connectivity index (χ4n) is 5.10. The summed E-state index contributed by atoms with van der Waals surface area (Å²) in [7, 11) is 0. The molecule has 0 aromatic heterocycles. The first-order valence-corrected chi connectivity index (χ1v) is 7.75. The predicted molar refractivity (Wildman–Crippen MR) is 75.5 cm³/mol. The zero-order chi connectivity index (χ0) is 14.6. The lowest BCUT2D eigenvalue weighted by Gasteiger charge is -2.54. The molecule has 0 spiro atoms. The maximum Gasteiger partial charge on any atom is 0.201 e. The third-order valence-corrected chi connectivity index (χ3v) is 5.56. The van der Waals surface area contributed by atoms with E-state index < -0.39 is 17.4 Å². The minimum atomic E-state index is -1.20. The number of halogens is 2. The van der Waals surface area contributed by atoms with Gasteiger partial charge in [-0.25, -0.2) is 4.39 Å². The Morgan fingerprint density at radius 1 is 0.952 bits per heavy atom. The van der Waals surface area contributed by atoms with Crippen LogP contribution >= 0.6 is 0 Å². The van der Waals surface area contributed by atoms with Gasteiger partial charge in [0.1, 0.15) is 0 Å². The Labute approximate surface area is 123 Å². The van der Waals surface area contributed by atoms with E-state index in [-0.39, 0.29) is 11.0 Å². The van der Waals surface area contributed by atoms with Crippen molar-refractivity contribution >= 4 is 0 Å². The first kappa shape index (κ1) is 13.1. The van der Waals surface area contributed by atoms with Crippen LogP contribution in [0.3, 0.4) is 0 Å². The molecule has 21 heavy (non-hydrogen) atoms. The van der Waals surface area contributed by atoms with E-state index in [1.54, 1.807) is 0 Å². The van der Waals surface area contributed by atoms with Gasteiger partial charge in [0.2, 0.25) is 5.82 Å². The second-order valence-electron chi connectivity index (χ2n) is 7.21. The first-order chi connectivity index (χ1) is 10.0. The monoisotopic (exact) mass is 288 g/mol. The molecular weight excluding hydrogens is 270 g/mol. The van der Waals surface area contributed by atoms with E-state index in [2.05, 4.69) is 11.8 Å². The summed E-state index contributed by atoms with van der Waals surface area (Å²) in [4.78, 5) is 0. The summed E-state index contributed by atoms with van der Waals surface area (Å²) in [6.07, 6.45) is 7.37. The lowest BCUT2D eigenvalue weighted by atomic mass is 9.50. The standard InChI is InChI=1S/C18H18F2O/c19-16-14(1-2-15(21)17(16)20)3-4-18-8-11-5-12(9-18)7-13(6-11)10-18/h1-2,11-13,21H,5-10H2. The number of phenols is 1. The Morgan fingerprint density at radius 3 is 2.10 bits per heavy atom. The van der Waals surface area contributed by atoms with E-state index in [4.69, 9.17) is 5.11 Å². The van der Waals surface area contributed by atoms with Gasteiger partial charge in [-0.15, -0.1) is 0 Å². The highest BCUT2D eigenvalue weighted by Gasteiger charge is 2.50. The van der Waals surface area contributed by atoms with Crippen LogP contribution in [0.2, 0.25) is 0 Å². The topological polar surface area (TPSA) is 20.2 Å². The van der Waals surface area contributed by atoms with Crippen molar-refractivity contribution in [3.05, 3.63) is 29.3 Å². The Hall–Kier alpha value is -1.56. The largest absolute Gasteiger partial charge is 0.505 e. The summed E-state index contributed by atoms with van der Waals surface area (Å²) in [5, 5.41) is 9.16. The van der Waals surface area contributed by atoms with Crippen LogP contribution < -0.4 is 0 Å². The lowest BCUT2D eigenvalue weighted by Crippen LogP contribution is -2.45. The SMILES string of the molecule is Oc1ccc(C#CC23CC4CC(CC(C4)C2)C3)c(F)c1F. The van der Waals surface area contributed by atoms with Crippen LogP contribution in [0.5, 0.6) is 5.75 Å². The predicted octanol–water partition coefficient (Wildman–Crippen LogP) is 4.24. The normalized spacial score (nSPS) is 36.4. The van der Waals surface area contributed by atoms with E-state index in [9.17, 15) is 8.78 Å². The zero-order valence-corrected chi connectivity index (χ0v) is 11.8. The third kappa shape index (κ3) is 2.12. The molecule has 1 nitrogen and oxygen atoms in total. The smallest absolute Gasteiger partial charge is 0.201 e. The van der Waals surface area contributed by atoms with Crippen molar-refractivity contribution in [3.8, 4) is 17.6 Å². The molecule has 1 aromatic rings. The maximum absolute atomic E-state index is 13.8. The molecule has 4 saturated carbocycles. The van der Waals surface area contributed by atoms with Gasteiger partial charge >= 0.3 is 0 Å². The van der Waals surface area contributed by atoms with Gasteiger partial charge in [-0.1, -0.05) is 11.8 Å². The quantitative estimate of drug-likeness (QED) is 0.708. The van der Waals surface area contributed by atoms with E-state index in [0.717, 1.165) is 37.0 Å². The van der Waals surface area contributed by atoms with Gasteiger partial charge in [-0.3, -0.25) is 0 Å². The van der Waals surface area contributed by atoms with Crippen molar-refractivity contribution in [2.45, 2.75) is 38.5 Å². The molecule has 0 atom stereocenters. The summed E-state index contributed by atoms with van der Waals surface area (Å²) < 4.78 is 27.2. The van der Waals surface area contributed by atoms with Crippen molar-refractivity contribution in [1.82, 2.24) is 0 Å². The van der Waals surface area contributed by atoms with Crippen molar-refractivity contribution in [2.75, 3.05) is 0 Å². The average molecular weight is 288 g/mol. The van der Waals surface area contributed by atoms with E-state index in [0.29, 0.717) is 0 Å². The van der Waals surface area contributed by atoms with Gasteiger partial charge in [-0.2, -0.15) is 4.39 Å². The minimum Gasteiger partial charge on any atom is -0.505 e. The van der Waals surface area contributed by atoms with Gasteiger partial charge in [0.25, 0.3) is 0 Å². The van der Waals surface area contributed by atoms with E-state index >= 15 is 0 Å². The molecule has 0 saturated heterocycles. The molecule has 1 N–H and O–H groups in total. The molecule has 5 rings (SSSR count). The van der Waals surface area contributed by atoms with Gasteiger partial charge in [0.15, 0.2) is 11.6 Å². The van der Waals surface area contributed by atoms with Crippen LogP contribution in [0.4, 0.5) is 8.78 Å². The third-order valence-electron chi connectivity index (χ3n) is 5.56. The van der Waals surface area contributed by atoms with Crippen LogP contribution in [-0.2, 0) is 0 Å². The maximum atomic E-state index is 13.8. The first-order valence-electron chi connectivity index (χ1n) is 7.75. The van der Waals surface area contributed by atoms with E-state index in [1.165, 1.54) is 31.4 Å². The summed E-state index contributed by atoms with van der Waals surface area (Å²) in [5.41, 5.74) is 0.0799. The van der Waals surface area contributed by atoms with Gasteiger partial charge in [-0.05, 0) is 68.4 Å². The molecule has 0 heterocycles. The lowest BCUT2D eigenvalue weighted by molar-refractivity contribution is -0.0181. The van der Waals surface area contributed by atoms with Crippen LogP contribution in [0.15, 0.2) is 12.1 Å². The highest BCUT2D eigenvalue weighted by atomic mass is 19.2. The second kappa shape index (κ2) is 4.47. The summed E-state index contributed by atoms with van der Waals surface area (Å²) in [5.74, 6) is 5.61. The molecule has 0 amide bonds. The Morgan fingerprint density at radius 2 is 1.52 bits per heavy atom. The van der Waals surface area contributed by atoms with Crippen molar-refractivity contribution < 1.29 is 13.9 Å². The van der Waals surface area contributed by atoms with Crippen LogP contribution in [-0.4, -0.2) is 5.11 Å². The summed E-state index contributed by atoms with van der Waals surface area (Å²) in [6.45, 7) is 0. The Bertz CT molecular complexity index is 618. The van der Waals surface area contributed by atoms with Crippen molar-refractivity contribution in [1.29, 1.82) is 0 Å². The summed E-state index contributed by atoms with van der Waals surface area (Å²) in [6, 6.07) is 2.53. The molecule has 4 aliphatic rings. The van der Waals surface area contributed by atoms with Gasteiger partial charge < -0.3 is 5.11 Å². The van der Waals surface area contributed by atoms with Crippen LogP contribution in [0, 0.1) is 46.6 Å². The molecular formula is C18H18F2O. The fraction of sp³-hybridized carbons (Fsp3) is 0.556. The minimum absolute atomic E-state index is 0.0234. The molecule has 0 unspecified atom stereocenters. The fourth-order valence-corrected chi connectivity index (χ4v) is 5.10. The highest BCUT2D eigenvalue weighted by molar-refractivity contribution is 5.41. The van der Waals surface area contributed by atoms with E-state index in [1.807, 2.05) is 0 Å². The molecule has 110 valence electrons. The number of rotatable bonds is 0. The molecule has 0 aliphatic heterocycles. The number of aromatic hydroxyl groups is 1. The second-order valence-corrected chi connectivity index (χ2v) is 7.21. The Kier molecular flexibility index (Phi) is 2.79. The molecule has 1 aromatic carbocycles. The average Bonchev–Trinajstić information content (AvgIpc) is 2.42. The Balaban J connectivity index is 1.67. The molecule has 3 heteroatoms. The molecule has 0 radical (unpaired) electrons. The number of phenolic OH excluding ortho intramolecular Hbond substituents is 1. The highest BCUT2D eigenvalue weighted by Crippen LogP contribution is 2.59. The number of benzene rings is 1. The zero-order valence-electron chi connectivity index (χ0n) is 11.8. The van der Waals surface area contributed by atoms with Crippen LogP contribution in [0.25, 0.3) is 0 Å². The van der Waals surface area contributed by atoms with Crippen molar-refractivity contribution in [2.24, 2.45) is 23.2 Å².